The molecular formula is C18H13N3S2. The summed E-state index contributed by atoms with van der Waals surface area (Å²) in [7, 11) is 0. The quantitative estimate of drug-likeness (QED) is 0.500. The van der Waals surface area contributed by atoms with Gasteiger partial charge in [-0.1, -0.05) is 24.3 Å². The summed E-state index contributed by atoms with van der Waals surface area (Å²) >= 11 is 3.39. The first-order chi connectivity index (χ1) is 11.4. The average Bonchev–Trinajstić information content (AvgIpc) is 3.31. The Morgan fingerprint density at radius 3 is 2.87 bits per heavy atom. The molecule has 4 rings (SSSR count). The van der Waals surface area contributed by atoms with E-state index in [1.165, 1.54) is 10.3 Å². The van der Waals surface area contributed by atoms with Crippen molar-refractivity contribution in [3.8, 4) is 27.2 Å². The van der Waals surface area contributed by atoms with E-state index in [9.17, 15) is 0 Å². The fourth-order valence-electron chi connectivity index (χ4n) is 2.72. The van der Waals surface area contributed by atoms with Crippen molar-refractivity contribution in [3.63, 3.8) is 0 Å². The lowest BCUT2D eigenvalue weighted by Gasteiger charge is -2.00. The van der Waals surface area contributed by atoms with Gasteiger partial charge in [0.1, 0.15) is 5.01 Å². The van der Waals surface area contributed by atoms with Crippen molar-refractivity contribution in [1.29, 1.82) is 5.26 Å². The van der Waals surface area contributed by atoms with E-state index in [0.717, 1.165) is 21.8 Å². The first-order valence-corrected chi connectivity index (χ1v) is 9.07. The maximum Gasteiger partial charge on any atom is 0.134 e. The second kappa shape index (κ2) is 5.99. The fraction of sp³-hybridized carbons (Fsp3) is 0.111. The van der Waals surface area contributed by atoms with E-state index in [0.29, 0.717) is 13.0 Å². The molecule has 1 aromatic carbocycles. The molecule has 0 spiro atoms. The summed E-state index contributed by atoms with van der Waals surface area (Å²) < 4.78 is 2.15. The number of nitriles is 1. The molecule has 0 aliphatic carbocycles. The zero-order valence-electron chi connectivity index (χ0n) is 12.3. The Bertz CT molecular complexity index is 987. The first kappa shape index (κ1) is 14.2. The van der Waals surface area contributed by atoms with Crippen molar-refractivity contribution >= 4 is 33.6 Å². The first-order valence-electron chi connectivity index (χ1n) is 7.31. The van der Waals surface area contributed by atoms with Gasteiger partial charge >= 0.3 is 0 Å². The number of hydrogen-bond acceptors (Lipinski definition) is 4. The third-order valence-corrected chi connectivity index (χ3v) is 5.65. The number of thiophene rings is 1. The number of aromatic nitrogens is 2. The average molecular weight is 335 g/mol. The molecule has 112 valence electrons. The Morgan fingerprint density at radius 1 is 1.13 bits per heavy atom. The van der Waals surface area contributed by atoms with Gasteiger partial charge < -0.3 is 4.57 Å². The molecular weight excluding hydrogens is 322 g/mol. The van der Waals surface area contributed by atoms with Gasteiger partial charge in [-0.05, 0) is 17.5 Å². The lowest BCUT2D eigenvalue weighted by molar-refractivity contribution is 0.745. The van der Waals surface area contributed by atoms with Crippen LogP contribution in [0.25, 0.3) is 32.0 Å². The minimum Gasteiger partial charge on any atom is -0.346 e. The largest absolute Gasteiger partial charge is 0.346 e. The van der Waals surface area contributed by atoms with Gasteiger partial charge in [-0.15, -0.1) is 22.7 Å². The Balaban J connectivity index is 1.81. The van der Waals surface area contributed by atoms with Crippen LogP contribution in [0.4, 0.5) is 0 Å². The normalized spacial score (nSPS) is 10.9. The van der Waals surface area contributed by atoms with Gasteiger partial charge in [-0.2, -0.15) is 5.26 Å². The van der Waals surface area contributed by atoms with E-state index < -0.39 is 0 Å². The number of thiazole rings is 1. The van der Waals surface area contributed by atoms with Crippen LogP contribution in [0.15, 0.2) is 53.4 Å². The molecule has 5 heteroatoms. The molecule has 0 N–H and O–H groups in total. The molecule has 0 fully saturated rings. The number of aryl methyl sites for hydroxylation is 1. The van der Waals surface area contributed by atoms with Crippen LogP contribution in [0.1, 0.15) is 6.42 Å². The molecule has 0 aliphatic heterocycles. The van der Waals surface area contributed by atoms with Gasteiger partial charge in [0.2, 0.25) is 0 Å². The smallest absolute Gasteiger partial charge is 0.134 e. The van der Waals surface area contributed by atoms with Crippen LogP contribution in [-0.2, 0) is 6.54 Å². The van der Waals surface area contributed by atoms with Gasteiger partial charge in [-0.3, -0.25) is 0 Å². The molecule has 4 aromatic rings. The Hall–Kier alpha value is -2.42. The predicted octanol–water partition coefficient (Wildman–Crippen LogP) is 5.41. The number of benzene rings is 1. The van der Waals surface area contributed by atoms with Crippen LogP contribution in [0, 0.1) is 11.3 Å². The van der Waals surface area contributed by atoms with Crippen LogP contribution < -0.4 is 0 Å². The molecule has 0 amide bonds. The maximum absolute atomic E-state index is 8.86. The number of para-hydroxylation sites is 1. The standard InChI is InChI=1S/C18H13N3S2/c19-8-4-9-21-11-14(13-5-1-2-6-16(13)21)15-12-23-18(20-15)17-7-3-10-22-17/h1-3,5-7,10-12H,4,9H2. The SMILES string of the molecule is N#CCCn1cc(-c2csc(-c3cccs3)n2)c2ccccc21. The molecule has 0 radical (unpaired) electrons. The van der Waals surface area contributed by atoms with E-state index in [4.69, 9.17) is 10.2 Å². The van der Waals surface area contributed by atoms with Crippen molar-refractivity contribution in [3.05, 3.63) is 53.4 Å². The van der Waals surface area contributed by atoms with Crippen LogP contribution in [0.2, 0.25) is 0 Å². The summed E-state index contributed by atoms with van der Waals surface area (Å²) in [5, 5.41) is 15.3. The predicted molar refractivity (Wildman–Crippen MR) is 96.6 cm³/mol. The monoisotopic (exact) mass is 335 g/mol. The Morgan fingerprint density at radius 2 is 2.04 bits per heavy atom. The molecule has 0 bridgehead atoms. The minimum atomic E-state index is 0.510. The number of nitrogens with zero attached hydrogens (tertiary/aromatic N) is 3. The summed E-state index contributed by atoms with van der Waals surface area (Å²) in [4.78, 5) is 6.02. The van der Waals surface area contributed by atoms with Crippen molar-refractivity contribution in [2.24, 2.45) is 0 Å². The lowest BCUT2D eigenvalue weighted by Crippen LogP contribution is -1.93. The molecule has 0 saturated heterocycles. The van der Waals surface area contributed by atoms with Crippen molar-refractivity contribution in [2.75, 3.05) is 0 Å². The fourth-order valence-corrected chi connectivity index (χ4v) is 4.35. The third kappa shape index (κ3) is 2.56. The highest BCUT2D eigenvalue weighted by Crippen LogP contribution is 2.35. The van der Waals surface area contributed by atoms with Crippen molar-refractivity contribution in [2.45, 2.75) is 13.0 Å². The third-order valence-electron chi connectivity index (χ3n) is 3.77. The molecule has 3 nitrogen and oxygen atoms in total. The van der Waals surface area contributed by atoms with Gasteiger partial charge in [0.15, 0.2) is 0 Å². The Labute approximate surface area is 142 Å². The second-order valence-corrected chi connectivity index (χ2v) is 6.98. The molecule has 3 heterocycles. The zero-order chi connectivity index (χ0) is 15.6. The maximum atomic E-state index is 8.86. The van der Waals surface area contributed by atoms with Crippen LogP contribution in [0.3, 0.4) is 0 Å². The number of fused-ring (bicyclic) bond motifs is 1. The minimum absolute atomic E-state index is 0.510. The van der Waals surface area contributed by atoms with Crippen molar-refractivity contribution in [1.82, 2.24) is 9.55 Å². The van der Waals surface area contributed by atoms with E-state index in [1.54, 1.807) is 22.7 Å². The summed E-state index contributed by atoms with van der Waals surface area (Å²) in [6.07, 6.45) is 2.63. The Kier molecular flexibility index (Phi) is 3.70. The summed E-state index contributed by atoms with van der Waals surface area (Å²) in [6.45, 7) is 0.707. The van der Waals surface area contributed by atoms with Crippen LogP contribution in [-0.4, -0.2) is 9.55 Å². The topological polar surface area (TPSA) is 41.6 Å². The summed E-state index contributed by atoms with van der Waals surface area (Å²) in [5.41, 5.74) is 3.30. The highest BCUT2D eigenvalue weighted by atomic mass is 32.1. The molecule has 23 heavy (non-hydrogen) atoms. The lowest BCUT2D eigenvalue weighted by atomic mass is 10.1. The number of hydrogen-bond donors (Lipinski definition) is 0. The zero-order valence-corrected chi connectivity index (χ0v) is 13.9. The van der Waals surface area contributed by atoms with Gasteiger partial charge in [-0.25, -0.2) is 4.98 Å². The van der Waals surface area contributed by atoms with Gasteiger partial charge in [0.25, 0.3) is 0 Å². The second-order valence-electron chi connectivity index (χ2n) is 5.18. The highest BCUT2D eigenvalue weighted by Gasteiger charge is 2.13. The summed E-state index contributed by atoms with van der Waals surface area (Å²) in [5.74, 6) is 0. The molecule has 0 unspecified atom stereocenters. The highest BCUT2D eigenvalue weighted by molar-refractivity contribution is 7.20. The number of rotatable bonds is 4. The molecule has 3 aromatic heterocycles. The van der Waals surface area contributed by atoms with E-state index >= 15 is 0 Å². The van der Waals surface area contributed by atoms with Gasteiger partial charge in [0.05, 0.1) is 23.1 Å². The van der Waals surface area contributed by atoms with Crippen molar-refractivity contribution < 1.29 is 0 Å². The van der Waals surface area contributed by atoms with Gasteiger partial charge in [0, 0.05) is 34.6 Å². The van der Waals surface area contributed by atoms with Crippen LogP contribution in [0.5, 0.6) is 0 Å². The molecule has 0 aliphatic rings. The van der Waals surface area contributed by atoms with E-state index in [2.05, 4.69) is 51.9 Å². The van der Waals surface area contributed by atoms with Crippen LogP contribution >= 0.6 is 22.7 Å². The molecule has 0 atom stereocenters. The van der Waals surface area contributed by atoms with E-state index in [-0.39, 0.29) is 0 Å². The molecule has 0 saturated carbocycles. The van der Waals surface area contributed by atoms with E-state index in [1.807, 2.05) is 12.1 Å². The summed E-state index contributed by atoms with van der Waals surface area (Å²) in [6, 6.07) is 14.7.